The quantitative estimate of drug-likeness (QED) is 0.869. The number of amides is 1. The van der Waals surface area contributed by atoms with Crippen LogP contribution in [0.4, 0.5) is 10.1 Å². The molecular formula is C15H13BrFNO. The third kappa shape index (κ3) is 3.41. The van der Waals surface area contributed by atoms with Crippen LogP contribution < -0.4 is 5.32 Å². The van der Waals surface area contributed by atoms with Gasteiger partial charge in [0.15, 0.2) is 0 Å². The summed E-state index contributed by atoms with van der Waals surface area (Å²) in [5.41, 5.74) is 2.75. The Morgan fingerprint density at radius 3 is 2.53 bits per heavy atom. The number of hydrogen-bond acceptors (Lipinski definition) is 1. The Morgan fingerprint density at radius 2 is 1.89 bits per heavy atom. The highest BCUT2D eigenvalue weighted by atomic mass is 79.9. The summed E-state index contributed by atoms with van der Waals surface area (Å²) in [6, 6.07) is 9.79. The summed E-state index contributed by atoms with van der Waals surface area (Å²) in [5.74, 6) is -0.721. The van der Waals surface area contributed by atoms with Crippen molar-refractivity contribution >= 4 is 27.5 Å². The summed E-state index contributed by atoms with van der Waals surface area (Å²) in [4.78, 5) is 12.0. The number of hydrogen-bond donors (Lipinski definition) is 1. The van der Waals surface area contributed by atoms with E-state index < -0.39 is 5.82 Å². The number of carbonyl (C=O) groups is 1. The molecule has 0 spiro atoms. The van der Waals surface area contributed by atoms with E-state index in [4.69, 9.17) is 0 Å². The first-order valence-electron chi connectivity index (χ1n) is 5.80. The van der Waals surface area contributed by atoms with Gasteiger partial charge in [-0.2, -0.15) is 0 Å². The summed E-state index contributed by atoms with van der Waals surface area (Å²) < 4.78 is 14.2. The maximum atomic E-state index is 13.3. The molecule has 2 aromatic rings. The Morgan fingerprint density at radius 1 is 1.16 bits per heavy atom. The second-order valence-corrected chi connectivity index (χ2v) is 5.29. The molecule has 1 N–H and O–H groups in total. The first-order valence-corrected chi connectivity index (χ1v) is 6.60. The SMILES string of the molecule is Cc1cc(F)cc(C(=O)Nc2ccc(Br)c(C)c2)c1. The highest BCUT2D eigenvalue weighted by Crippen LogP contribution is 2.20. The smallest absolute Gasteiger partial charge is 0.255 e. The second kappa shape index (κ2) is 5.53. The zero-order chi connectivity index (χ0) is 14.0. The van der Waals surface area contributed by atoms with Gasteiger partial charge in [0.2, 0.25) is 0 Å². The summed E-state index contributed by atoms with van der Waals surface area (Å²) >= 11 is 3.40. The largest absolute Gasteiger partial charge is 0.322 e. The van der Waals surface area contributed by atoms with Gasteiger partial charge in [-0.05, 0) is 61.4 Å². The standard InChI is InChI=1S/C15H13BrFNO/c1-9-5-11(8-12(17)6-9)15(19)18-13-3-4-14(16)10(2)7-13/h3-8H,1-2H3,(H,18,19). The minimum Gasteiger partial charge on any atom is -0.322 e. The lowest BCUT2D eigenvalue weighted by Crippen LogP contribution is -2.12. The van der Waals surface area contributed by atoms with Crippen LogP contribution in [0.3, 0.4) is 0 Å². The van der Waals surface area contributed by atoms with E-state index in [9.17, 15) is 9.18 Å². The molecule has 0 aliphatic carbocycles. The molecule has 0 aliphatic rings. The van der Waals surface area contributed by atoms with Crippen LogP contribution in [0, 0.1) is 19.7 Å². The molecule has 0 heterocycles. The van der Waals surface area contributed by atoms with Crippen LogP contribution in [0.5, 0.6) is 0 Å². The van der Waals surface area contributed by atoms with Crippen LogP contribution in [0.25, 0.3) is 0 Å². The van der Waals surface area contributed by atoms with E-state index in [1.165, 1.54) is 12.1 Å². The average Bonchev–Trinajstić information content (AvgIpc) is 2.32. The van der Waals surface area contributed by atoms with Crippen molar-refractivity contribution in [3.05, 3.63) is 63.4 Å². The minimum atomic E-state index is -0.405. The molecule has 0 aliphatic heterocycles. The van der Waals surface area contributed by atoms with Gasteiger partial charge in [-0.3, -0.25) is 4.79 Å². The third-order valence-corrected chi connectivity index (χ3v) is 3.61. The molecule has 0 saturated heterocycles. The predicted molar refractivity (Wildman–Crippen MR) is 78.0 cm³/mol. The van der Waals surface area contributed by atoms with Crippen molar-refractivity contribution in [3.8, 4) is 0 Å². The summed E-state index contributed by atoms with van der Waals surface area (Å²) in [5, 5.41) is 2.75. The van der Waals surface area contributed by atoms with Crippen molar-refractivity contribution < 1.29 is 9.18 Å². The Bertz CT molecular complexity index is 620. The highest BCUT2D eigenvalue weighted by Gasteiger charge is 2.08. The van der Waals surface area contributed by atoms with Crippen molar-refractivity contribution in [2.75, 3.05) is 5.32 Å². The van der Waals surface area contributed by atoms with Crippen molar-refractivity contribution in [1.82, 2.24) is 0 Å². The fraction of sp³-hybridized carbons (Fsp3) is 0.133. The monoisotopic (exact) mass is 321 g/mol. The molecule has 4 heteroatoms. The van der Waals surface area contributed by atoms with Crippen LogP contribution in [0.1, 0.15) is 21.5 Å². The van der Waals surface area contributed by atoms with Gasteiger partial charge < -0.3 is 5.32 Å². The topological polar surface area (TPSA) is 29.1 Å². The number of halogens is 2. The molecule has 0 bridgehead atoms. The molecule has 19 heavy (non-hydrogen) atoms. The molecule has 1 amide bonds. The van der Waals surface area contributed by atoms with E-state index in [-0.39, 0.29) is 5.91 Å². The van der Waals surface area contributed by atoms with Gasteiger partial charge in [0.1, 0.15) is 5.82 Å². The van der Waals surface area contributed by atoms with E-state index >= 15 is 0 Å². The van der Waals surface area contributed by atoms with Gasteiger partial charge in [0, 0.05) is 15.7 Å². The van der Waals surface area contributed by atoms with Crippen LogP contribution in [-0.4, -0.2) is 5.91 Å². The van der Waals surface area contributed by atoms with Crippen molar-refractivity contribution in [2.24, 2.45) is 0 Å². The first kappa shape index (κ1) is 13.7. The maximum Gasteiger partial charge on any atom is 0.255 e. The molecular weight excluding hydrogens is 309 g/mol. The Hall–Kier alpha value is -1.68. The number of rotatable bonds is 2. The Labute approximate surface area is 119 Å². The molecule has 2 nitrogen and oxygen atoms in total. The van der Waals surface area contributed by atoms with Crippen molar-refractivity contribution in [3.63, 3.8) is 0 Å². The van der Waals surface area contributed by atoms with Crippen molar-refractivity contribution in [2.45, 2.75) is 13.8 Å². The fourth-order valence-electron chi connectivity index (χ4n) is 1.79. The summed E-state index contributed by atoms with van der Waals surface area (Å²) in [6.45, 7) is 3.69. The zero-order valence-electron chi connectivity index (χ0n) is 10.6. The van der Waals surface area contributed by atoms with Gasteiger partial charge >= 0.3 is 0 Å². The molecule has 0 fully saturated rings. The number of nitrogens with one attached hydrogen (secondary N) is 1. The maximum absolute atomic E-state index is 13.3. The van der Waals surface area contributed by atoms with E-state index in [0.717, 1.165) is 15.6 Å². The van der Waals surface area contributed by atoms with E-state index in [1.54, 1.807) is 19.1 Å². The number of benzene rings is 2. The van der Waals surface area contributed by atoms with Gasteiger partial charge in [-0.1, -0.05) is 15.9 Å². The minimum absolute atomic E-state index is 0.315. The number of carbonyl (C=O) groups excluding carboxylic acids is 1. The van der Waals surface area contributed by atoms with Crippen LogP contribution in [-0.2, 0) is 0 Å². The van der Waals surface area contributed by atoms with Crippen LogP contribution in [0.2, 0.25) is 0 Å². The lowest BCUT2D eigenvalue weighted by Gasteiger charge is -2.08. The van der Waals surface area contributed by atoms with Gasteiger partial charge in [-0.15, -0.1) is 0 Å². The lowest BCUT2D eigenvalue weighted by atomic mass is 10.1. The third-order valence-electron chi connectivity index (χ3n) is 2.72. The lowest BCUT2D eigenvalue weighted by molar-refractivity contribution is 0.102. The molecule has 0 aromatic heterocycles. The summed E-state index contributed by atoms with van der Waals surface area (Å²) in [7, 11) is 0. The van der Waals surface area contributed by atoms with Gasteiger partial charge in [0.25, 0.3) is 5.91 Å². The molecule has 2 rings (SSSR count). The van der Waals surface area contributed by atoms with Crippen LogP contribution >= 0.6 is 15.9 Å². The molecule has 0 radical (unpaired) electrons. The molecule has 2 aromatic carbocycles. The van der Waals surface area contributed by atoms with E-state index in [2.05, 4.69) is 21.2 Å². The molecule has 0 unspecified atom stereocenters. The highest BCUT2D eigenvalue weighted by molar-refractivity contribution is 9.10. The van der Waals surface area contributed by atoms with Crippen LogP contribution in [0.15, 0.2) is 40.9 Å². The molecule has 0 saturated carbocycles. The fourth-order valence-corrected chi connectivity index (χ4v) is 2.04. The Balaban J connectivity index is 2.22. The zero-order valence-corrected chi connectivity index (χ0v) is 12.2. The van der Waals surface area contributed by atoms with Gasteiger partial charge in [0.05, 0.1) is 0 Å². The number of anilines is 1. The predicted octanol–water partition coefficient (Wildman–Crippen LogP) is 4.46. The molecule has 0 atom stereocenters. The number of aryl methyl sites for hydroxylation is 2. The molecule has 98 valence electrons. The normalized spacial score (nSPS) is 10.3. The van der Waals surface area contributed by atoms with E-state index in [0.29, 0.717) is 11.3 Å². The average molecular weight is 322 g/mol. The Kier molecular flexibility index (Phi) is 4.00. The van der Waals surface area contributed by atoms with Crippen molar-refractivity contribution in [1.29, 1.82) is 0 Å². The van der Waals surface area contributed by atoms with E-state index in [1.807, 2.05) is 19.1 Å². The summed E-state index contributed by atoms with van der Waals surface area (Å²) in [6.07, 6.45) is 0. The van der Waals surface area contributed by atoms with Gasteiger partial charge in [-0.25, -0.2) is 4.39 Å². The first-order chi connectivity index (χ1) is 8.95. The second-order valence-electron chi connectivity index (χ2n) is 4.44.